The third-order valence-corrected chi connectivity index (χ3v) is 7.25. The number of amides is 1. The molecule has 8 heteroatoms. The van der Waals surface area contributed by atoms with E-state index in [1.54, 1.807) is 18.7 Å². The Morgan fingerprint density at radius 2 is 1.66 bits per heavy atom. The number of alkyl carbamates (subject to hydrolysis) is 1. The Labute approximate surface area is 238 Å². The van der Waals surface area contributed by atoms with Crippen LogP contribution in [-0.4, -0.2) is 40.0 Å². The van der Waals surface area contributed by atoms with Gasteiger partial charge in [-0.05, 0) is 62.2 Å². The van der Waals surface area contributed by atoms with Crippen LogP contribution in [0.3, 0.4) is 0 Å². The van der Waals surface area contributed by atoms with Crippen LogP contribution in [0, 0.1) is 0 Å². The topological polar surface area (TPSA) is 106 Å². The number of aromatic hydroxyl groups is 1. The van der Waals surface area contributed by atoms with E-state index in [0.29, 0.717) is 23.1 Å². The molecule has 1 amide bonds. The highest BCUT2D eigenvalue weighted by Gasteiger charge is 2.30. The molecule has 2 heterocycles. The molecule has 5 aromatic rings. The number of nitrogens with one attached hydrogen (secondary N) is 2. The molecule has 1 unspecified atom stereocenters. The van der Waals surface area contributed by atoms with Crippen LogP contribution in [0.25, 0.3) is 21.8 Å². The van der Waals surface area contributed by atoms with Gasteiger partial charge in [0.2, 0.25) is 0 Å². The van der Waals surface area contributed by atoms with Crippen molar-refractivity contribution >= 4 is 27.9 Å². The second kappa shape index (κ2) is 11.0. The Morgan fingerprint density at radius 3 is 2.34 bits per heavy atom. The first-order valence-electron chi connectivity index (χ1n) is 13.6. The molecule has 0 saturated carbocycles. The average Bonchev–Trinajstić information content (AvgIpc) is 3.31. The monoisotopic (exact) mass is 553 g/mol. The lowest BCUT2D eigenvalue weighted by Crippen LogP contribution is -2.41. The zero-order valence-corrected chi connectivity index (χ0v) is 23.9. The van der Waals surface area contributed by atoms with Gasteiger partial charge in [-0.1, -0.05) is 42.5 Å². The molecule has 0 saturated heterocycles. The van der Waals surface area contributed by atoms with E-state index in [1.165, 1.54) is 0 Å². The third-order valence-electron chi connectivity index (χ3n) is 7.25. The summed E-state index contributed by atoms with van der Waals surface area (Å²) >= 11 is 0. The van der Waals surface area contributed by atoms with E-state index in [0.717, 1.165) is 27.7 Å². The number of methoxy groups -OCH3 is 1. The number of para-hydroxylation sites is 2. The Bertz CT molecular complexity index is 1780. The van der Waals surface area contributed by atoms with E-state index < -0.39 is 17.6 Å². The summed E-state index contributed by atoms with van der Waals surface area (Å²) < 4.78 is 12.5. The summed E-state index contributed by atoms with van der Waals surface area (Å²) in [6.07, 6.45) is -0.0928. The number of carbonyl (C=O) groups is 1. The number of aromatic amines is 1. The Morgan fingerprint density at radius 1 is 1.00 bits per heavy atom. The summed E-state index contributed by atoms with van der Waals surface area (Å²) in [6, 6.07) is 22.7. The van der Waals surface area contributed by atoms with Crippen molar-refractivity contribution in [3.63, 3.8) is 0 Å². The predicted molar refractivity (Wildman–Crippen MR) is 161 cm³/mol. The van der Waals surface area contributed by atoms with E-state index in [1.807, 2.05) is 93.6 Å². The van der Waals surface area contributed by atoms with Gasteiger partial charge < -0.3 is 29.4 Å². The molecule has 212 valence electrons. The molecule has 0 aliphatic rings. The highest BCUT2D eigenvalue weighted by Crippen LogP contribution is 2.41. The first-order valence-corrected chi connectivity index (χ1v) is 13.6. The molecule has 41 heavy (non-hydrogen) atoms. The highest BCUT2D eigenvalue weighted by molar-refractivity contribution is 5.88. The van der Waals surface area contributed by atoms with Gasteiger partial charge in [0.15, 0.2) is 0 Å². The largest absolute Gasteiger partial charge is 0.507 e. The second-order valence-electron chi connectivity index (χ2n) is 11.2. The maximum atomic E-state index is 14.0. The summed E-state index contributed by atoms with van der Waals surface area (Å²) in [5.74, 6) is -0.0248. The summed E-state index contributed by atoms with van der Waals surface area (Å²) in [7, 11) is 3.31. The lowest BCUT2D eigenvalue weighted by Gasteiger charge is -2.22. The van der Waals surface area contributed by atoms with E-state index in [9.17, 15) is 14.7 Å². The number of ether oxygens (including phenoxy) is 2. The van der Waals surface area contributed by atoms with Crippen LogP contribution in [0.2, 0.25) is 0 Å². The van der Waals surface area contributed by atoms with Crippen LogP contribution in [-0.2, 0) is 18.2 Å². The molecular weight excluding hydrogens is 518 g/mol. The normalized spacial score (nSPS) is 12.4. The Balaban J connectivity index is 1.70. The van der Waals surface area contributed by atoms with Gasteiger partial charge in [-0.15, -0.1) is 0 Å². The maximum absolute atomic E-state index is 14.0. The number of fused-ring (bicyclic) bond motifs is 2. The number of carbonyl (C=O) groups excluding carboxylic acids is 1. The molecule has 3 N–H and O–H groups in total. The number of hydrogen-bond acceptors (Lipinski definition) is 5. The molecule has 0 spiro atoms. The van der Waals surface area contributed by atoms with Crippen LogP contribution >= 0.6 is 0 Å². The van der Waals surface area contributed by atoms with Crippen molar-refractivity contribution in [2.24, 2.45) is 7.05 Å². The zero-order chi connectivity index (χ0) is 29.3. The maximum Gasteiger partial charge on any atom is 0.407 e. The van der Waals surface area contributed by atoms with Gasteiger partial charge in [0.05, 0.1) is 30.7 Å². The third kappa shape index (κ3) is 5.50. The number of aromatic nitrogens is 2. The number of H-pyrrole nitrogens is 1. The standard InChI is InChI=1S/C33H35N3O5/c1-33(2,3)35-32(39)41-19-18-23-22-10-6-8-12-25(22)34-29(23)27(20-14-16-21(40-5)17-15-20)28-30(37)24-11-7-9-13-26(24)36(4)31(28)38/h6-17,27,34,37H,18-19H2,1-5H3,(H,35,39). The van der Waals surface area contributed by atoms with E-state index in [4.69, 9.17) is 9.47 Å². The Kier molecular flexibility index (Phi) is 7.49. The average molecular weight is 554 g/mol. The van der Waals surface area contributed by atoms with Gasteiger partial charge in [-0.25, -0.2) is 4.79 Å². The van der Waals surface area contributed by atoms with Crippen molar-refractivity contribution in [1.29, 1.82) is 0 Å². The van der Waals surface area contributed by atoms with E-state index in [-0.39, 0.29) is 23.5 Å². The fraction of sp³-hybridized carbons (Fsp3) is 0.273. The number of nitrogens with zero attached hydrogens (tertiary/aromatic N) is 1. The first-order chi connectivity index (χ1) is 19.6. The molecule has 8 nitrogen and oxygen atoms in total. The SMILES string of the molecule is COc1ccc(C(c2[nH]c3ccccc3c2CCOC(=O)NC(C)(C)C)c2c(O)c3ccccc3n(C)c2=O)cc1. The van der Waals surface area contributed by atoms with Crippen LogP contribution in [0.4, 0.5) is 4.79 Å². The Hall–Kier alpha value is -4.72. The molecular formula is C33H35N3O5. The minimum Gasteiger partial charge on any atom is -0.507 e. The lowest BCUT2D eigenvalue weighted by molar-refractivity contribution is 0.139. The second-order valence-corrected chi connectivity index (χ2v) is 11.2. The summed E-state index contributed by atoms with van der Waals surface area (Å²) in [6.45, 7) is 5.81. The van der Waals surface area contributed by atoms with Crippen LogP contribution < -0.4 is 15.6 Å². The van der Waals surface area contributed by atoms with Gasteiger partial charge in [0.25, 0.3) is 5.56 Å². The van der Waals surface area contributed by atoms with Crippen LogP contribution in [0.1, 0.15) is 49.1 Å². The molecule has 0 aliphatic heterocycles. The number of benzene rings is 3. The van der Waals surface area contributed by atoms with Gasteiger partial charge in [0, 0.05) is 41.0 Å². The van der Waals surface area contributed by atoms with Gasteiger partial charge in [-0.3, -0.25) is 4.79 Å². The molecule has 1 atom stereocenters. The van der Waals surface area contributed by atoms with Gasteiger partial charge in [0.1, 0.15) is 11.5 Å². The molecule has 5 rings (SSSR count). The van der Waals surface area contributed by atoms with Crippen molar-refractivity contribution in [2.45, 2.75) is 38.6 Å². The van der Waals surface area contributed by atoms with Gasteiger partial charge >= 0.3 is 6.09 Å². The number of aryl methyl sites for hydroxylation is 1. The number of pyridine rings is 1. The predicted octanol–water partition coefficient (Wildman–Crippen LogP) is 5.98. The minimum atomic E-state index is -0.644. The molecule has 0 bridgehead atoms. The summed E-state index contributed by atoms with van der Waals surface area (Å²) in [5, 5.41) is 16.0. The number of hydrogen-bond donors (Lipinski definition) is 3. The van der Waals surface area contributed by atoms with Crippen molar-refractivity contribution in [1.82, 2.24) is 14.9 Å². The molecule has 0 aliphatic carbocycles. The highest BCUT2D eigenvalue weighted by atomic mass is 16.5. The van der Waals surface area contributed by atoms with Crippen molar-refractivity contribution in [3.05, 3.63) is 106 Å². The van der Waals surface area contributed by atoms with Crippen molar-refractivity contribution in [3.8, 4) is 11.5 Å². The molecule has 2 aromatic heterocycles. The number of rotatable bonds is 7. The summed E-state index contributed by atoms with van der Waals surface area (Å²) in [4.78, 5) is 29.9. The fourth-order valence-corrected chi connectivity index (χ4v) is 5.36. The molecule has 3 aromatic carbocycles. The van der Waals surface area contributed by atoms with Gasteiger partial charge in [-0.2, -0.15) is 0 Å². The summed E-state index contributed by atoms with van der Waals surface area (Å²) in [5.41, 5.74) is 3.51. The van der Waals surface area contributed by atoms with Crippen LogP contribution in [0.15, 0.2) is 77.6 Å². The van der Waals surface area contributed by atoms with Crippen LogP contribution in [0.5, 0.6) is 11.5 Å². The molecule has 0 radical (unpaired) electrons. The van der Waals surface area contributed by atoms with Crippen molar-refractivity contribution in [2.75, 3.05) is 13.7 Å². The van der Waals surface area contributed by atoms with Crippen molar-refractivity contribution < 1.29 is 19.4 Å². The quantitative estimate of drug-likeness (QED) is 0.230. The smallest absolute Gasteiger partial charge is 0.407 e. The minimum absolute atomic E-state index is 0.0603. The van der Waals surface area contributed by atoms with E-state index >= 15 is 0 Å². The zero-order valence-electron chi connectivity index (χ0n) is 23.9. The fourth-order valence-electron chi connectivity index (χ4n) is 5.36. The molecule has 0 fully saturated rings. The van der Waals surface area contributed by atoms with E-state index in [2.05, 4.69) is 10.3 Å². The lowest BCUT2D eigenvalue weighted by atomic mass is 9.85. The first kappa shape index (κ1) is 27.8.